The molecule has 0 bridgehead atoms. The van der Waals surface area contributed by atoms with Crippen molar-refractivity contribution in [3.8, 4) is 11.5 Å². The van der Waals surface area contributed by atoms with Gasteiger partial charge in [-0.15, -0.1) is 0 Å². The summed E-state index contributed by atoms with van der Waals surface area (Å²) in [6.07, 6.45) is 1.50. The summed E-state index contributed by atoms with van der Waals surface area (Å²) in [5.74, 6) is 0.263. The van der Waals surface area contributed by atoms with Crippen LogP contribution in [0.25, 0.3) is 6.08 Å². The first-order valence-electron chi connectivity index (χ1n) is 6.62. The highest BCUT2D eigenvalue weighted by molar-refractivity contribution is 6.19. The Labute approximate surface area is 123 Å². The van der Waals surface area contributed by atoms with Crippen molar-refractivity contribution in [2.45, 2.75) is 33.3 Å². The molecular weight excluding hydrogens is 272 g/mol. The van der Waals surface area contributed by atoms with Crippen molar-refractivity contribution in [3.05, 3.63) is 29.3 Å². The Bertz CT molecular complexity index is 608. The number of hydrogen-bond donors (Lipinski definition) is 0. The maximum Gasteiger partial charge on any atom is 0.342 e. The zero-order valence-electron chi connectivity index (χ0n) is 12.6. The Kier molecular flexibility index (Phi) is 4.02. The minimum atomic E-state index is -0.652. The summed E-state index contributed by atoms with van der Waals surface area (Å²) in [7, 11) is 0. The van der Waals surface area contributed by atoms with Gasteiger partial charge in [0.2, 0.25) is 6.79 Å². The van der Waals surface area contributed by atoms with Crippen LogP contribution in [-0.4, -0.2) is 24.1 Å². The molecule has 1 aliphatic rings. The van der Waals surface area contributed by atoms with E-state index in [1.54, 1.807) is 39.0 Å². The van der Waals surface area contributed by atoms with E-state index in [4.69, 9.17) is 14.2 Å². The Balaban J connectivity index is 2.29. The summed E-state index contributed by atoms with van der Waals surface area (Å²) in [5.41, 5.74) is 0.0274. The molecule has 21 heavy (non-hydrogen) atoms. The summed E-state index contributed by atoms with van der Waals surface area (Å²) >= 11 is 0. The topological polar surface area (TPSA) is 61.8 Å². The van der Waals surface area contributed by atoms with E-state index in [1.165, 1.54) is 13.0 Å². The molecule has 0 aliphatic carbocycles. The molecule has 112 valence electrons. The number of fused-ring (bicyclic) bond motifs is 1. The molecule has 0 unspecified atom stereocenters. The SMILES string of the molecule is CC(=O)/C(=C\c1ccc2c(c1)OCO2)C(=O)OC(C)(C)C. The van der Waals surface area contributed by atoms with Crippen LogP contribution in [0.2, 0.25) is 0 Å². The van der Waals surface area contributed by atoms with Crippen molar-refractivity contribution in [1.29, 1.82) is 0 Å². The molecule has 0 aromatic heterocycles. The third kappa shape index (κ3) is 3.84. The molecule has 2 rings (SSSR count). The van der Waals surface area contributed by atoms with Crippen molar-refractivity contribution < 1.29 is 23.8 Å². The number of ether oxygens (including phenoxy) is 3. The fourth-order valence-electron chi connectivity index (χ4n) is 1.81. The number of esters is 1. The van der Waals surface area contributed by atoms with Gasteiger partial charge in [0.1, 0.15) is 11.2 Å². The van der Waals surface area contributed by atoms with Crippen LogP contribution < -0.4 is 9.47 Å². The van der Waals surface area contributed by atoms with Crippen LogP contribution >= 0.6 is 0 Å². The first-order valence-corrected chi connectivity index (χ1v) is 6.62. The van der Waals surface area contributed by atoms with Gasteiger partial charge in [-0.1, -0.05) is 6.07 Å². The molecule has 1 aromatic carbocycles. The lowest BCUT2D eigenvalue weighted by Gasteiger charge is -2.19. The molecule has 5 nitrogen and oxygen atoms in total. The maximum atomic E-state index is 12.1. The van der Waals surface area contributed by atoms with Crippen LogP contribution in [0.3, 0.4) is 0 Å². The van der Waals surface area contributed by atoms with E-state index in [0.717, 1.165) is 0 Å². The van der Waals surface area contributed by atoms with Crippen LogP contribution in [0.1, 0.15) is 33.3 Å². The fourth-order valence-corrected chi connectivity index (χ4v) is 1.81. The molecule has 0 N–H and O–H groups in total. The highest BCUT2D eigenvalue weighted by Crippen LogP contribution is 2.33. The number of Topliss-reactive ketones (excluding diaryl/α,β-unsaturated/α-hetero) is 1. The maximum absolute atomic E-state index is 12.1. The number of ketones is 1. The minimum absolute atomic E-state index is 0.00351. The Morgan fingerprint density at radius 3 is 2.48 bits per heavy atom. The van der Waals surface area contributed by atoms with E-state index >= 15 is 0 Å². The fraction of sp³-hybridized carbons (Fsp3) is 0.375. The van der Waals surface area contributed by atoms with Crippen LogP contribution in [0, 0.1) is 0 Å². The lowest BCUT2D eigenvalue weighted by Crippen LogP contribution is -2.26. The molecule has 0 spiro atoms. The number of carbonyl (C=O) groups is 2. The van der Waals surface area contributed by atoms with E-state index in [9.17, 15) is 9.59 Å². The number of hydrogen-bond acceptors (Lipinski definition) is 5. The predicted molar refractivity (Wildman–Crippen MR) is 77.1 cm³/mol. The van der Waals surface area contributed by atoms with Gasteiger partial charge in [-0.25, -0.2) is 4.79 Å². The van der Waals surface area contributed by atoms with Gasteiger partial charge in [-0.2, -0.15) is 0 Å². The molecule has 0 fully saturated rings. The third-order valence-corrected chi connectivity index (χ3v) is 2.71. The van der Waals surface area contributed by atoms with Gasteiger partial charge < -0.3 is 14.2 Å². The summed E-state index contributed by atoms with van der Waals surface area (Å²) in [5, 5.41) is 0. The lowest BCUT2D eigenvalue weighted by atomic mass is 10.1. The summed E-state index contributed by atoms with van der Waals surface area (Å²) in [4.78, 5) is 23.8. The summed E-state index contributed by atoms with van der Waals surface area (Å²) < 4.78 is 15.7. The van der Waals surface area contributed by atoms with Crippen molar-refractivity contribution >= 4 is 17.8 Å². The second-order valence-corrected chi connectivity index (χ2v) is 5.73. The molecule has 1 aromatic rings. The van der Waals surface area contributed by atoms with Gasteiger partial charge >= 0.3 is 5.97 Å². The van der Waals surface area contributed by atoms with Crippen LogP contribution in [0.4, 0.5) is 0 Å². The Hall–Kier alpha value is -2.30. The molecule has 0 saturated heterocycles. The Morgan fingerprint density at radius 1 is 1.19 bits per heavy atom. The van der Waals surface area contributed by atoms with Crippen LogP contribution in [-0.2, 0) is 14.3 Å². The zero-order valence-corrected chi connectivity index (χ0v) is 12.6. The van der Waals surface area contributed by atoms with Crippen molar-refractivity contribution in [2.75, 3.05) is 6.79 Å². The molecule has 1 aliphatic heterocycles. The normalized spacial score (nSPS) is 14.0. The molecular formula is C16H18O5. The van der Waals surface area contributed by atoms with Crippen LogP contribution in [0.5, 0.6) is 11.5 Å². The lowest BCUT2D eigenvalue weighted by molar-refractivity contribution is -0.150. The number of carbonyl (C=O) groups excluding carboxylic acids is 2. The highest BCUT2D eigenvalue weighted by atomic mass is 16.7. The zero-order chi connectivity index (χ0) is 15.6. The average molecular weight is 290 g/mol. The third-order valence-electron chi connectivity index (χ3n) is 2.71. The van der Waals surface area contributed by atoms with E-state index in [2.05, 4.69) is 0 Å². The summed E-state index contributed by atoms with van der Waals surface area (Å²) in [6, 6.07) is 5.21. The van der Waals surface area contributed by atoms with Gasteiger partial charge in [0.15, 0.2) is 17.3 Å². The first kappa shape index (κ1) is 15.1. The largest absolute Gasteiger partial charge is 0.456 e. The molecule has 0 radical (unpaired) electrons. The number of rotatable bonds is 3. The predicted octanol–water partition coefficient (Wildman–Crippen LogP) is 2.73. The first-order chi connectivity index (χ1) is 9.76. The van der Waals surface area contributed by atoms with E-state index in [1.807, 2.05) is 0 Å². The van der Waals surface area contributed by atoms with E-state index < -0.39 is 11.6 Å². The van der Waals surface area contributed by atoms with Gasteiger partial charge in [-0.3, -0.25) is 4.79 Å². The van der Waals surface area contributed by atoms with Crippen molar-refractivity contribution in [2.24, 2.45) is 0 Å². The summed E-state index contributed by atoms with van der Waals surface area (Å²) in [6.45, 7) is 6.77. The number of benzene rings is 1. The standard InChI is InChI=1S/C16H18O5/c1-10(17)12(15(18)21-16(2,3)4)7-11-5-6-13-14(8-11)20-9-19-13/h5-8H,9H2,1-4H3/b12-7+. The van der Waals surface area contributed by atoms with Crippen LogP contribution in [0.15, 0.2) is 23.8 Å². The van der Waals surface area contributed by atoms with Gasteiger partial charge in [0, 0.05) is 0 Å². The Morgan fingerprint density at radius 2 is 1.86 bits per heavy atom. The quantitative estimate of drug-likeness (QED) is 0.371. The second-order valence-electron chi connectivity index (χ2n) is 5.73. The van der Waals surface area contributed by atoms with Gasteiger partial charge in [-0.05, 0) is 51.5 Å². The molecule has 0 saturated carbocycles. The molecule has 0 amide bonds. The van der Waals surface area contributed by atoms with Crippen molar-refractivity contribution in [3.63, 3.8) is 0 Å². The van der Waals surface area contributed by atoms with Gasteiger partial charge in [0.25, 0.3) is 0 Å². The van der Waals surface area contributed by atoms with E-state index in [-0.39, 0.29) is 18.1 Å². The average Bonchev–Trinajstić information content (AvgIpc) is 2.80. The van der Waals surface area contributed by atoms with Crippen molar-refractivity contribution in [1.82, 2.24) is 0 Å². The second kappa shape index (κ2) is 5.60. The monoisotopic (exact) mass is 290 g/mol. The smallest absolute Gasteiger partial charge is 0.342 e. The van der Waals surface area contributed by atoms with E-state index in [0.29, 0.717) is 17.1 Å². The minimum Gasteiger partial charge on any atom is -0.456 e. The highest BCUT2D eigenvalue weighted by Gasteiger charge is 2.23. The van der Waals surface area contributed by atoms with Gasteiger partial charge in [0.05, 0.1) is 0 Å². The molecule has 1 heterocycles. The molecule has 5 heteroatoms. The molecule has 0 atom stereocenters.